The molecule has 0 fully saturated rings. The number of fused-ring (bicyclic) bond motifs is 1. The third-order valence-corrected chi connectivity index (χ3v) is 4.86. The fourth-order valence-electron chi connectivity index (χ4n) is 2.76. The number of rotatable bonds is 6. The molecule has 0 radical (unpaired) electrons. The van der Waals surface area contributed by atoms with E-state index in [0.717, 1.165) is 45.0 Å². The van der Waals surface area contributed by atoms with Gasteiger partial charge in [0.2, 0.25) is 0 Å². The molecule has 0 aliphatic rings. The summed E-state index contributed by atoms with van der Waals surface area (Å²) in [6, 6.07) is 7.80. The molecule has 0 spiro atoms. The molecule has 2 heterocycles. The number of benzene rings is 1. The number of hydrogen-bond acceptors (Lipinski definition) is 5. The van der Waals surface area contributed by atoms with Gasteiger partial charge >= 0.3 is 5.97 Å². The summed E-state index contributed by atoms with van der Waals surface area (Å²) >= 11 is 1.65. The number of hydrogen-bond donors (Lipinski definition) is 2. The number of thiazole rings is 1. The minimum atomic E-state index is -0.853. The lowest BCUT2D eigenvalue weighted by Crippen LogP contribution is -2.12. The maximum atomic E-state index is 11.2. The summed E-state index contributed by atoms with van der Waals surface area (Å²) in [6.45, 7) is 4.55. The molecule has 124 valence electrons. The largest absolute Gasteiger partial charge is 0.481 e. The molecule has 0 saturated carbocycles. The zero-order chi connectivity index (χ0) is 17.1. The van der Waals surface area contributed by atoms with Crippen LogP contribution in [0.1, 0.15) is 22.0 Å². The summed E-state index contributed by atoms with van der Waals surface area (Å²) in [7, 11) is 0. The molecule has 0 unspecified atom stereocenters. The molecule has 24 heavy (non-hydrogen) atoms. The Hall–Kier alpha value is -2.47. The van der Waals surface area contributed by atoms with Crippen LogP contribution in [0.5, 0.6) is 0 Å². The van der Waals surface area contributed by atoms with E-state index in [1.165, 1.54) is 0 Å². The summed E-state index contributed by atoms with van der Waals surface area (Å²) < 4.78 is 0. The highest BCUT2D eigenvalue weighted by atomic mass is 32.1. The maximum absolute atomic E-state index is 11.2. The van der Waals surface area contributed by atoms with E-state index < -0.39 is 5.97 Å². The molecule has 0 aliphatic carbocycles. The molecule has 3 aromatic rings. The summed E-state index contributed by atoms with van der Waals surface area (Å²) in [5.74, 6) is -0.853. The van der Waals surface area contributed by atoms with Crippen molar-refractivity contribution in [3.8, 4) is 0 Å². The van der Waals surface area contributed by atoms with E-state index >= 15 is 0 Å². The zero-order valence-corrected chi connectivity index (χ0v) is 14.5. The van der Waals surface area contributed by atoms with E-state index in [-0.39, 0.29) is 6.42 Å². The third-order valence-electron chi connectivity index (χ3n) is 3.84. The summed E-state index contributed by atoms with van der Waals surface area (Å²) in [5, 5.41) is 16.7. The Morgan fingerprint density at radius 3 is 2.75 bits per heavy atom. The molecular formula is C18H19N3O2S. The first kappa shape index (κ1) is 16.4. The fourth-order valence-corrected chi connectivity index (χ4v) is 3.53. The van der Waals surface area contributed by atoms with Gasteiger partial charge in [0, 0.05) is 46.4 Å². The Bertz CT molecular complexity index is 889. The van der Waals surface area contributed by atoms with Gasteiger partial charge in [0.05, 0.1) is 16.9 Å². The Kier molecular flexibility index (Phi) is 4.76. The van der Waals surface area contributed by atoms with Crippen molar-refractivity contribution >= 4 is 33.9 Å². The molecule has 2 N–H and O–H groups in total. The van der Waals surface area contributed by atoms with Crippen LogP contribution in [-0.4, -0.2) is 27.6 Å². The van der Waals surface area contributed by atoms with Gasteiger partial charge in [-0.1, -0.05) is 18.2 Å². The standard InChI is InChI=1S/C18H19N3O2S/c1-11-10-24-16(20-11)7-8-19-18-13-5-3-4-6-15(13)21-12(2)14(18)9-17(22)23/h3-6,10H,7-9H2,1-2H3,(H,19,21)(H,22,23). The van der Waals surface area contributed by atoms with E-state index in [9.17, 15) is 9.90 Å². The van der Waals surface area contributed by atoms with E-state index in [4.69, 9.17) is 0 Å². The Morgan fingerprint density at radius 2 is 2.04 bits per heavy atom. The number of pyridine rings is 1. The molecule has 0 aliphatic heterocycles. The quantitative estimate of drug-likeness (QED) is 0.716. The van der Waals surface area contributed by atoms with E-state index in [0.29, 0.717) is 6.54 Å². The van der Waals surface area contributed by atoms with Crippen LogP contribution in [0.25, 0.3) is 10.9 Å². The zero-order valence-electron chi connectivity index (χ0n) is 13.7. The number of carbonyl (C=O) groups is 1. The van der Waals surface area contributed by atoms with Gasteiger partial charge in [-0.2, -0.15) is 0 Å². The van der Waals surface area contributed by atoms with Gasteiger partial charge in [0.1, 0.15) is 0 Å². The van der Waals surface area contributed by atoms with Gasteiger partial charge in [-0.15, -0.1) is 11.3 Å². The minimum Gasteiger partial charge on any atom is -0.481 e. The van der Waals surface area contributed by atoms with Crippen LogP contribution in [0.15, 0.2) is 29.6 Å². The van der Waals surface area contributed by atoms with E-state index in [2.05, 4.69) is 15.3 Å². The fraction of sp³-hybridized carbons (Fsp3) is 0.278. The molecule has 0 saturated heterocycles. The van der Waals surface area contributed by atoms with Gasteiger partial charge in [0.25, 0.3) is 0 Å². The van der Waals surface area contributed by atoms with Gasteiger partial charge < -0.3 is 10.4 Å². The van der Waals surface area contributed by atoms with Crippen molar-refractivity contribution in [3.63, 3.8) is 0 Å². The molecule has 3 rings (SSSR count). The average Bonchev–Trinajstić information content (AvgIpc) is 2.95. The Labute approximate surface area is 144 Å². The van der Waals surface area contributed by atoms with Gasteiger partial charge in [-0.05, 0) is 19.9 Å². The maximum Gasteiger partial charge on any atom is 0.307 e. The number of anilines is 1. The lowest BCUT2D eigenvalue weighted by molar-refractivity contribution is -0.136. The Balaban J connectivity index is 1.92. The number of aliphatic carboxylic acids is 1. The molecule has 2 aromatic heterocycles. The van der Waals surface area contributed by atoms with Crippen molar-refractivity contribution in [1.82, 2.24) is 9.97 Å². The highest BCUT2D eigenvalue weighted by Crippen LogP contribution is 2.29. The molecule has 5 nitrogen and oxygen atoms in total. The van der Waals surface area contributed by atoms with Crippen molar-refractivity contribution < 1.29 is 9.90 Å². The van der Waals surface area contributed by atoms with Crippen molar-refractivity contribution in [2.45, 2.75) is 26.7 Å². The predicted octanol–water partition coefficient (Wildman–Crippen LogP) is 3.59. The molecule has 6 heteroatoms. The third kappa shape index (κ3) is 3.54. The van der Waals surface area contributed by atoms with Crippen LogP contribution in [0, 0.1) is 13.8 Å². The van der Waals surface area contributed by atoms with Crippen LogP contribution in [0.4, 0.5) is 5.69 Å². The SMILES string of the molecule is Cc1csc(CCNc2c(CC(=O)O)c(C)nc3ccccc23)n1. The molecule has 0 amide bonds. The number of nitrogens with one attached hydrogen (secondary N) is 1. The first-order valence-corrected chi connectivity index (χ1v) is 8.67. The van der Waals surface area contributed by atoms with E-state index in [1.54, 1.807) is 11.3 Å². The van der Waals surface area contributed by atoms with Crippen molar-refractivity contribution in [2.75, 3.05) is 11.9 Å². The van der Waals surface area contributed by atoms with Crippen molar-refractivity contribution in [1.29, 1.82) is 0 Å². The average molecular weight is 341 g/mol. The smallest absolute Gasteiger partial charge is 0.307 e. The Morgan fingerprint density at radius 1 is 1.25 bits per heavy atom. The number of aryl methyl sites for hydroxylation is 2. The summed E-state index contributed by atoms with van der Waals surface area (Å²) in [4.78, 5) is 20.3. The number of carboxylic acids is 1. The second-order valence-corrected chi connectivity index (χ2v) is 6.64. The van der Waals surface area contributed by atoms with Crippen LogP contribution in [0.2, 0.25) is 0 Å². The molecule has 1 aromatic carbocycles. The molecular weight excluding hydrogens is 322 g/mol. The molecule has 0 atom stereocenters. The van der Waals surface area contributed by atoms with Crippen LogP contribution in [-0.2, 0) is 17.6 Å². The second-order valence-electron chi connectivity index (χ2n) is 5.70. The van der Waals surface area contributed by atoms with Gasteiger partial charge in [-0.25, -0.2) is 4.98 Å². The lowest BCUT2D eigenvalue weighted by atomic mass is 10.0. The topological polar surface area (TPSA) is 75.1 Å². The predicted molar refractivity (Wildman–Crippen MR) is 96.9 cm³/mol. The number of nitrogens with zero attached hydrogens (tertiary/aromatic N) is 2. The number of carboxylic acid groups (broad SMARTS) is 1. The first-order chi connectivity index (χ1) is 11.5. The monoisotopic (exact) mass is 341 g/mol. The second kappa shape index (κ2) is 6.97. The van der Waals surface area contributed by atoms with Crippen LogP contribution in [0.3, 0.4) is 0 Å². The number of aromatic nitrogens is 2. The van der Waals surface area contributed by atoms with Crippen LogP contribution < -0.4 is 5.32 Å². The van der Waals surface area contributed by atoms with Gasteiger partial charge in [-0.3, -0.25) is 9.78 Å². The van der Waals surface area contributed by atoms with Crippen molar-refractivity contribution in [2.24, 2.45) is 0 Å². The van der Waals surface area contributed by atoms with Crippen molar-refractivity contribution in [3.05, 3.63) is 51.6 Å². The van der Waals surface area contributed by atoms with Crippen LogP contribution >= 0.6 is 11.3 Å². The highest BCUT2D eigenvalue weighted by molar-refractivity contribution is 7.09. The highest BCUT2D eigenvalue weighted by Gasteiger charge is 2.15. The molecule has 0 bridgehead atoms. The van der Waals surface area contributed by atoms with Gasteiger partial charge in [0.15, 0.2) is 0 Å². The summed E-state index contributed by atoms with van der Waals surface area (Å²) in [6.07, 6.45) is 0.767. The summed E-state index contributed by atoms with van der Waals surface area (Å²) in [5.41, 5.74) is 4.28. The normalized spacial score (nSPS) is 10.9. The first-order valence-electron chi connectivity index (χ1n) is 7.79. The minimum absolute atomic E-state index is 0.0393. The van der Waals surface area contributed by atoms with E-state index in [1.807, 2.05) is 43.5 Å². The number of para-hydroxylation sites is 1. The lowest BCUT2D eigenvalue weighted by Gasteiger charge is -2.16.